The lowest BCUT2D eigenvalue weighted by Gasteiger charge is -2.69. The number of allylic oxidation sites excluding steroid dienone is 2. The van der Waals surface area contributed by atoms with Crippen LogP contribution in [0.25, 0.3) is 0 Å². The van der Waals surface area contributed by atoms with Crippen LogP contribution in [0.15, 0.2) is 11.1 Å². The minimum absolute atomic E-state index is 0.0463. The number of fused-ring (bicyclic) bond motifs is 6. The molecule has 3 saturated carbocycles. The maximum Gasteiger partial charge on any atom is 0.0594 e. The van der Waals surface area contributed by atoms with Gasteiger partial charge in [0.05, 0.1) is 6.10 Å². The van der Waals surface area contributed by atoms with Crippen LogP contribution in [0.4, 0.5) is 0 Å². The molecule has 5 aliphatic rings. The standard InChI is InChI=1S/C31H52O/c1-9-27(4)16-17-28(5)18-19-30(7)22-10-11-23-26(2,3)25(32)13-14-29(23,6)21(22)12-15-31(30,8)24(28)20-27/h23-25,32H,9-20H2,1-8H3/t23?,24-,25+,27-,28-,29-,30-,31+/m1/s1. The summed E-state index contributed by atoms with van der Waals surface area (Å²) in [6, 6.07) is 0. The lowest BCUT2D eigenvalue weighted by molar-refractivity contribution is -0.157. The van der Waals surface area contributed by atoms with Gasteiger partial charge in [-0.05, 0) is 115 Å². The molecule has 1 heteroatoms. The first-order valence-corrected chi connectivity index (χ1v) is 14.2. The predicted molar refractivity (Wildman–Crippen MR) is 135 cm³/mol. The van der Waals surface area contributed by atoms with Crippen molar-refractivity contribution in [3.8, 4) is 0 Å². The van der Waals surface area contributed by atoms with Crippen LogP contribution >= 0.6 is 0 Å². The van der Waals surface area contributed by atoms with Crippen LogP contribution in [-0.4, -0.2) is 11.2 Å². The number of rotatable bonds is 1. The monoisotopic (exact) mass is 440 g/mol. The molecule has 5 aliphatic carbocycles. The predicted octanol–water partition coefficient (Wildman–Crippen LogP) is 8.70. The average molecular weight is 441 g/mol. The topological polar surface area (TPSA) is 20.2 Å². The fraction of sp³-hybridized carbons (Fsp3) is 0.935. The molecule has 0 aromatic rings. The zero-order valence-corrected chi connectivity index (χ0v) is 22.7. The second-order valence-electron chi connectivity index (χ2n) is 15.2. The molecule has 0 aromatic carbocycles. The normalized spacial score (nSPS) is 54.8. The van der Waals surface area contributed by atoms with Gasteiger partial charge in [0.2, 0.25) is 0 Å². The van der Waals surface area contributed by atoms with Crippen LogP contribution in [0.1, 0.15) is 132 Å². The highest BCUT2D eigenvalue weighted by molar-refractivity contribution is 5.38. The van der Waals surface area contributed by atoms with E-state index in [2.05, 4.69) is 55.4 Å². The van der Waals surface area contributed by atoms with Crippen molar-refractivity contribution in [2.45, 2.75) is 139 Å². The lowest BCUT2D eigenvalue weighted by Crippen LogP contribution is -2.61. The number of aliphatic hydroxyl groups is 1. The van der Waals surface area contributed by atoms with Gasteiger partial charge in [-0.3, -0.25) is 0 Å². The van der Waals surface area contributed by atoms with Crippen molar-refractivity contribution < 1.29 is 5.11 Å². The van der Waals surface area contributed by atoms with Crippen molar-refractivity contribution in [3.63, 3.8) is 0 Å². The molecule has 0 amide bonds. The van der Waals surface area contributed by atoms with Gasteiger partial charge in [-0.15, -0.1) is 0 Å². The van der Waals surface area contributed by atoms with Crippen molar-refractivity contribution in [1.29, 1.82) is 0 Å². The van der Waals surface area contributed by atoms with Crippen LogP contribution in [0.5, 0.6) is 0 Å². The van der Waals surface area contributed by atoms with E-state index in [-0.39, 0.29) is 11.5 Å². The smallest absolute Gasteiger partial charge is 0.0594 e. The average Bonchev–Trinajstić information content (AvgIpc) is 2.74. The van der Waals surface area contributed by atoms with E-state index >= 15 is 0 Å². The first kappa shape index (κ1) is 23.4. The molecule has 8 atom stereocenters. The summed E-state index contributed by atoms with van der Waals surface area (Å²) in [5.41, 5.74) is 6.06. The molecule has 5 rings (SSSR count). The number of hydrogen-bond acceptors (Lipinski definition) is 1. The molecule has 0 aromatic heterocycles. The molecular weight excluding hydrogens is 388 g/mol. The third kappa shape index (κ3) is 2.79. The summed E-state index contributed by atoms with van der Waals surface area (Å²) in [5.74, 6) is 1.51. The first-order valence-electron chi connectivity index (χ1n) is 14.2. The first-order chi connectivity index (χ1) is 14.8. The van der Waals surface area contributed by atoms with Crippen LogP contribution < -0.4 is 0 Å². The lowest BCUT2D eigenvalue weighted by atomic mass is 9.35. The zero-order chi connectivity index (χ0) is 23.4. The van der Waals surface area contributed by atoms with Gasteiger partial charge in [0.1, 0.15) is 0 Å². The number of hydrogen-bond donors (Lipinski definition) is 1. The van der Waals surface area contributed by atoms with Crippen molar-refractivity contribution >= 4 is 0 Å². The maximum absolute atomic E-state index is 10.9. The summed E-state index contributed by atoms with van der Waals surface area (Å²) in [7, 11) is 0. The SMILES string of the molecule is CC[C@]1(C)CC[C@]2(C)CC[C@]3(C)C4=C(CC[C@@]3(C)[C@@H]2C1)[C@@]1(C)CC[C@H](O)C(C)(C)C1CC4. The second-order valence-corrected chi connectivity index (χ2v) is 15.2. The summed E-state index contributed by atoms with van der Waals surface area (Å²) in [4.78, 5) is 0. The van der Waals surface area contributed by atoms with Gasteiger partial charge < -0.3 is 5.11 Å². The molecule has 1 nitrogen and oxygen atoms in total. The second kappa shape index (κ2) is 6.89. The Balaban J connectivity index is 1.58. The summed E-state index contributed by atoms with van der Waals surface area (Å²) in [5, 5.41) is 10.9. The molecule has 1 N–H and O–H groups in total. The molecule has 0 spiro atoms. The fourth-order valence-corrected chi connectivity index (χ4v) is 10.7. The summed E-state index contributed by atoms with van der Waals surface area (Å²) in [6.45, 7) is 20.5. The molecule has 32 heavy (non-hydrogen) atoms. The minimum Gasteiger partial charge on any atom is -0.393 e. The molecule has 0 aliphatic heterocycles. The molecule has 1 unspecified atom stereocenters. The quantitative estimate of drug-likeness (QED) is 0.404. The van der Waals surface area contributed by atoms with Gasteiger partial charge in [0.15, 0.2) is 0 Å². The number of aliphatic hydroxyl groups excluding tert-OH is 1. The van der Waals surface area contributed by atoms with Crippen molar-refractivity contribution in [3.05, 3.63) is 11.1 Å². The Morgan fingerprint density at radius 1 is 0.750 bits per heavy atom. The third-order valence-electron chi connectivity index (χ3n) is 13.7. The van der Waals surface area contributed by atoms with Gasteiger partial charge in [-0.1, -0.05) is 73.0 Å². The Hall–Kier alpha value is -0.300. The van der Waals surface area contributed by atoms with Crippen LogP contribution in [0.3, 0.4) is 0 Å². The molecule has 0 saturated heterocycles. The highest BCUT2D eigenvalue weighted by atomic mass is 16.3. The van der Waals surface area contributed by atoms with E-state index in [1.54, 1.807) is 0 Å². The maximum atomic E-state index is 10.9. The van der Waals surface area contributed by atoms with Crippen LogP contribution in [0, 0.1) is 44.3 Å². The van der Waals surface area contributed by atoms with E-state index in [1.807, 2.05) is 11.1 Å². The minimum atomic E-state index is -0.128. The molecule has 0 heterocycles. The molecule has 0 radical (unpaired) electrons. The highest BCUT2D eigenvalue weighted by Gasteiger charge is 2.65. The van der Waals surface area contributed by atoms with Gasteiger partial charge in [0.25, 0.3) is 0 Å². The van der Waals surface area contributed by atoms with E-state index in [9.17, 15) is 5.11 Å². The van der Waals surface area contributed by atoms with Crippen LogP contribution in [0.2, 0.25) is 0 Å². The van der Waals surface area contributed by atoms with Crippen LogP contribution in [-0.2, 0) is 0 Å². The van der Waals surface area contributed by atoms with Gasteiger partial charge in [0, 0.05) is 0 Å². The molecular formula is C31H52O. The Bertz CT molecular complexity index is 822. The van der Waals surface area contributed by atoms with E-state index in [1.165, 1.54) is 70.6 Å². The van der Waals surface area contributed by atoms with E-state index < -0.39 is 0 Å². The summed E-state index contributed by atoms with van der Waals surface area (Å²) in [6.07, 6.45) is 15.9. The Morgan fingerprint density at radius 2 is 1.44 bits per heavy atom. The Morgan fingerprint density at radius 3 is 2.12 bits per heavy atom. The van der Waals surface area contributed by atoms with Crippen molar-refractivity contribution in [2.24, 2.45) is 44.3 Å². The largest absolute Gasteiger partial charge is 0.393 e. The van der Waals surface area contributed by atoms with Crippen molar-refractivity contribution in [1.82, 2.24) is 0 Å². The Kier molecular flexibility index (Phi) is 5.05. The summed E-state index contributed by atoms with van der Waals surface area (Å²) < 4.78 is 0. The van der Waals surface area contributed by atoms with Crippen molar-refractivity contribution in [2.75, 3.05) is 0 Å². The fourth-order valence-electron chi connectivity index (χ4n) is 10.7. The van der Waals surface area contributed by atoms with Gasteiger partial charge >= 0.3 is 0 Å². The van der Waals surface area contributed by atoms with E-state index in [0.29, 0.717) is 33.0 Å². The Labute approximate surface area is 199 Å². The molecule has 182 valence electrons. The van der Waals surface area contributed by atoms with E-state index in [4.69, 9.17) is 0 Å². The van der Waals surface area contributed by atoms with Gasteiger partial charge in [-0.25, -0.2) is 0 Å². The highest BCUT2D eigenvalue weighted by Crippen LogP contribution is 2.75. The zero-order valence-electron chi connectivity index (χ0n) is 22.7. The molecule has 3 fully saturated rings. The summed E-state index contributed by atoms with van der Waals surface area (Å²) >= 11 is 0. The van der Waals surface area contributed by atoms with Gasteiger partial charge in [-0.2, -0.15) is 0 Å². The third-order valence-corrected chi connectivity index (χ3v) is 13.7. The van der Waals surface area contributed by atoms with E-state index in [0.717, 1.165) is 12.3 Å². The molecule has 0 bridgehead atoms.